The van der Waals surface area contributed by atoms with E-state index in [-0.39, 0.29) is 17.8 Å². The highest BCUT2D eigenvalue weighted by Crippen LogP contribution is 2.20. The molecule has 0 saturated heterocycles. The first-order valence-electron chi connectivity index (χ1n) is 5.31. The van der Waals surface area contributed by atoms with Crippen LogP contribution in [0.3, 0.4) is 0 Å². The molecule has 1 amide bonds. The van der Waals surface area contributed by atoms with E-state index in [1.165, 1.54) is 11.0 Å². The number of benzene rings is 1. The second-order valence-corrected chi connectivity index (χ2v) is 4.84. The smallest absolute Gasteiger partial charge is 0.238 e. The van der Waals surface area contributed by atoms with Crippen LogP contribution in [-0.4, -0.2) is 30.9 Å². The molecule has 0 aliphatic carbocycles. The number of rotatable bonds is 4. The van der Waals surface area contributed by atoms with E-state index in [2.05, 4.69) is 21.2 Å². The average Bonchev–Trinajstić information content (AvgIpc) is 2.29. The van der Waals surface area contributed by atoms with Crippen LogP contribution in [0.25, 0.3) is 0 Å². The summed E-state index contributed by atoms with van der Waals surface area (Å²) >= 11 is 3.19. The van der Waals surface area contributed by atoms with Crippen molar-refractivity contribution in [3.63, 3.8) is 0 Å². The van der Waals surface area contributed by atoms with Gasteiger partial charge in [0.1, 0.15) is 5.82 Å². The minimum atomic E-state index is -0.295. The molecule has 0 fully saturated rings. The molecule has 0 aliphatic rings. The molecule has 1 unspecified atom stereocenters. The molecule has 1 N–H and O–H groups in total. The largest absolute Gasteiger partial charge is 0.347 e. The van der Waals surface area contributed by atoms with Crippen LogP contribution < -0.4 is 5.32 Å². The summed E-state index contributed by atoms with van der Waals surface area (Å²) in [5.41, 5.74) is 0.795. The highest BCUT2D eigenvalue weighted by molar-refractivity contribution is 9.10. The van der Waals surface area contributed by atoms with Gasteiger partial charge in [0.2, 0.25) is 5.91 Å². The number of likely N-dealkylation sites (N-methyl/N-ethyl adjacent to an activating group) is 1. The number of nitrogens with one attached hydrogen (secondary N) is 1. The summed E-state index contributed by atoms with van der Waals surface area (Å²) < 4.78 is 13.7. The zero-order chi connectivity index (χ0) is 13.0. The van der Waals surface area contributed by atoms with Crippen LogP contribution in [0.15, 0.2) is 22.7 Å². The maximum Gasteiger partial charge on any atom is 0.238 e. The van der Waals surface area contributed by atoms with Gasteiger partial charge in [0.05, 0.1) is 10.5 Å². The van der Waals surface area contributed by atoms with E-state index in [0.29, 0.717) is 11.0 Å². The van der Waals surface area contributed by atoms with E-state index in [1.807, 2.05) is 6.07 Å². The van der Waals surface area contributed by atoms with E-state index in [4.69, 9.17) is 0 Å². The molecule has 17 heavy (non-hydrogen) atoms. The van der Waals surface area contributed by atoms with Crippen LogP contribution in [0, 0.1) is 5.82 Å². The van der Waals surface area contributed by atoms with Gasteiger partial charge in [-0.2, -0.15) is 0 Å². The molecule has 0 aliphatic heterocycles. The molecule has 0 spiro atoms. The quantitative estimate of drug-likeness (QED) is 0.924. The molecule has 5 heteroatoms. The third kappa shape index (κ3) is 3.78. The van der Waals surface area contributed by atoms with Crippen molar-refractivity contribution in [2.24, 2.45) is 0 Å². The van der Waals surface area contributed by atoms with Gasteiger partial charge >= 0.3 is 0 Å². The molecule has 1 aromatic rings. The molecule has 0 saturated carbocycles. The Morgan fingerprint density at radius 2 is 2.18 bits per heavy atom. The summed E-state index contributed by atoms with van der Waals surface area (Å²) in [6.07, 6.45) is 0. The molecular formula is C12H16BrFN2O. The van der Waals surface area contributed by atoms with Gasteiger partial charge in [0, 0.05) is 20.6 Å². The van der Waals surface area contributed by atoms with E-state index in [9.17, 15) is 9.18 Å². The Hall–Kier alpha value is -0.940. The molecule has 1 rings (SSSR count). The van der Waals surface area contributed by atoms with E-state index >= 15 is 0 Å². The molecule has 0 radical (unpaired) electrons. The number of carbonyl (C=O) groups excluding carboxylic acids is 1. The van der Waals surface area contributed by atoms with Crippen LogP contribution in [0.2, 0.25) is 0 Å². The summed E-state index contributed by atoms with van der Waals surface area (Å²) in [6, 6.07) is 4.56. The number of hydrogen-bond donors (Lipinski definition) is 1. The summed E-state index contributed by atoms with van der Waals surface area (Å²) in [4.78, 5) is 13.1. The molecule has 0 heterocycles. The fourth-order valence-electron chi connectivity index (χ4n) is 1.42. The van der Waals surface area contributed by atoms with E-state index < -0.39 is 0 Å². The number of carbonyl (C=O) groups is 1. The minimum Gasteiger partial charge on any atom is -0.347 e. The molecule has 3 nitrogen and oxygen atoms in total. The maximum atomic E-state index is 13.2. The topological polar surface area (TPSA) is 32.3 Å². The average molecular weight is 303 g/mol. The zero-order valence-electron chi connectivity index (χ0n) is 10.1. The van der Waals surface area contributed by atoms with Crippen LogP contribution in [-0.2, 0) is 11.3 Å². The van der Waals surface area contributed by atoms with Crippen molar-refractivity contribution in [1.82, 2.24) is 10.2 Å². The van der Waals surface area contributed by atoms with Gasteiger partial charge in [0.15, 0.2) is 0 Å². The lowest BCUT2D eigenvalue weighted by Crippen LogP contribution is -2.41. The van der Waals surface area contributed by atoms with Gasteiger partial charge < -0.3 is 10.2 Å². The second-order valence-electron chi connectivity index (χ2n) is 4.05. The minimum absolute atomic E-state index is 0.00229. The Balaban J connectivity index is 2.62. The second kappa shape index (κ2) is 6.12. The maximum absolute atomic E-state index is 13.2. The fraction of sp³-hybridized carbons (Fsp3) is 0.417. The summed E-state index contributed by atoms with van der Waals surface area (Å²) in [7, 11) is 3.41. The first-order valence-corrected chi connectivity index (χ1v) is 6.10. The number of halogens is 2. The third-order valence-corrected chi connectivity index (χ3v) is 3.33. The highest BCUT2D eigenvalue weighted by atomic mass is 79.9. The van der Waals surface area contributed by atoms with Crippen molar-refractivity contribution in [2.75, 3.05) is 14.1 Å². The number of hydrogen-bond acceptors (Lipinski definition) is 2. The van der Waals surface area contributed by atoms with Crippen LogP contribution >= 0.6 is 15.9 Å². The van der Waals surface area contributed by atoms with Gasteiger partial charge in [-0.15, -0.1) is 0 Å². The van der Waals surface area contributed by atoms with Crippen LogP contribution in [0.4, 0.5) is 4.39 Å². The zero-order valence-corrected chi connectivity index (χ0v) is 11.7. The van der Waals surface area contributed by atoms with Gasteiger partial charge in [-0.1, -0.05) is 12.1 Å². The first-order chi connectivity index (χ1) is 7.93. The lowest BCUT2D eigenvalue weighted by molar-refractivity contribution is -0.130. The molecular weight excluding hydrogens is 287 g/mol. The normalized spacial score (nSPS) is 12.3. The summed E-state index contributed by atoms with van der Waals surface area (Å²) in [5.74, 6) is -0.298. The number of nitrogens with zero attached hydrogens (tertiary/aromatic N) is 1. The Morgan fingerprint density at radius 1 is 1.53 bits per heavy atom. The van der Waals surface area contributed by atoms with Crippen LogP contribution in [0.5, 0.6) is 0 Å². The van der Waals surface area contributed by atoms with Gasteiger partial charge in [-0.3, -0.25) is 4.79 Å². The van der Waals surface area contributed by atoms with Gasteiger partial charge in [0.25, 0.3) is 0 Å². The molecule has 0 aromatic heterocycles. The monoisotopic (exact) mass is 302 g/mol. The Morgan fingerprint density at radius 3 is 2.76 bits per heavy atom. The lowest BCUT2D eigenvalue weighted by atomic mass is 10.2. The Kier molecular flexibility index (Phi) is 5.08. The summed E-state index contributed by atoms with van der Waals surface area (Å²) in [6.45, 7) is 2.23. The molecule has 0 bridgehead atoms. The molecule has 1 atom stereocenters. The van der Waals surface area contributed by atoms with E-state index in [0.717, 1.165) is 5.56 Å². The van der Waals surface area contributed by atoms with Gasteiger partial charge in [-0.05, 0) is 34.5 Å². The van der Waals surface area contributed by atoms with Crippen molar-refractivity contribution < 1.29 is 9.18 Å². The van der Waals surface area contributed by atoms with Crippen LogP contribution in [0.1, 0.15) is 12.5 Å². The predicted molar refractivity (Wildman–Crippen MR) is 69.1 cm³/mol. The van der Waals surface area contributed by atoms with Crippen molar-refractivity contribution in [3.05, 3.63) is 34.1 Å². The summed E-state index contributed by atoms with van der Waals surface area (Å²) in [5, 5.41) is 3.06. The number of amides is 1. The highest BCUT2D eigenvalue weighted by Gasteiger charge is 2.14. The van der Waals surface area contributed by atoms with Crippen molar-refractivity contribution in [2.45, 2.75) is 19.5 Å². The van der Waals surface area contributed by atoms with E-state index in [1.54, 1.807) is 27.1 Å². The standard InChI is InChI=1S/C12H16BrFN2O/c1-8(12(17)16(2)3)15-7-9-5-4-6-10(14)11(9)13/h4-6,8,15H,7H2,1-3H3. The van der Waals surface area contributed by atoms with Crippen molar-refractivity contribution >= 4 is 21.8 Å². The Labute approximate surface area is 109 Å². The third-order valence-electron chi connectivity index (χ3n) is 2.44. The molecule has 1 aromatic carbocycles. The predicted octanol–water partition coefficient (Wildman–Crippen LogP) is 2.15. The first kappa shape index (κ1) is 14.1. The lowest BCUT2D eigenvalue weighted by Gasteiger charge is -2.18. The fourth-order valence-corrected chi connectivity index (χ4v) is 1.83. The molecule has 94 valence electrons. The van der Waals surface area contributed by atoms with Gasteiger partial charge in [-0.25, -0.2) is 4.39 Å². The van der Waals surface area contributed by atoms with Crippen molar-refractivity contribution in [1.29, 1.82) is 0 Å². The SMILES string of the molecule is CC(NCc1cccc(F)c1Br)C(=O)N(C)C. The van der Waals surface area contributed by atoms with Crippen molar-refractivity contribution in [3.8, 4) is 0 Å². The Bertz CT molecular complexity index is 409.